The topological polar surface area (TPSA) is 117 Å². The Hall–Kier alpha value is -1.93. The normalized spacial score (nSPS) is 22.9. The van der Waals surface area contributed by atoms with Gasteiger partial charge in [-0.2, -0.15) is 5.10 Å². The van der Waals surface area contributed by atoms with Gasteiger partial charge in [-0.1, -0.05) is 5.16 Å². The summed E-state index contributed by atoms with van der Waals surface area (Å²) in [6.45, 7) is 4.81. The highest BCUT2D eigenvalue weighted by atomic mass is 16.5. The molecule has 0 bridgehead atoms. The molecule has 1 fully saturated rings. The van der Waals surface area contributed by atoms with E-state index in [2.05, 4.69) is 15.4 Å². The first-order chi connectivity index (χ1) is 9.46. The molecule has 1 saturated heterocycles. The molecule has 1 aromatic rings. The van der Waals surface area contributed by atoms with Crippen LogP contribution in [-0.4, -0.2) is 57.7 Å². The molecule has 1 unspecified atom stereocenters. The second-order valence-electron chi connectivity index (χ2n) is 5.32. The zero-order valence-corrected chi connectivity index (χ0v) is 11.5. The third-order valence-corrected chi connectivity index (χ3v) is 3.07. The first-order valence-electron chi connectivity index (χ1n) is 6.30. The third kappa shape index (κ3) is 2.97. The van der Waals surface area contributed by atoms with E-state index in [0.29, 0.717) is 24.5 Å². The van der Waals surface area contributed by atoms with Crippen LogP contribution in [0.1, 0.15) is 19.4 Å². The molecule has 8 nitrogen and oxygen atoms in total. The standard InChI is InChI=1S/C12H19N5O3/c1-12(2)7-17(5-8(6-18)20-12)11-9(10(13)16-19)3-4-14-15-11/h3-4,8,18-19H,5-7H2,1-2H3,(H2,13,16). The van der Waals surface area contributed by atoms with Gasteiger partial charge < -0.3 is 25.7 Å². The fourth-order valence-corrected chi connectivity index (χ4v) is 2.36. The molecule has 4 N–H and O–H groups in total. The van der Waals surface area contributed by atoms with Crippen LogP contribution in [0.4, 0.5) is 5.82 Å². The van der Waals surface area contributed by atoms with Crippen molar-refractivity contribution in [1.82, 2.24) is 10.2 Å². The summed E-state index contributed by atoms with van der Waals surface area (Å²) >= 11 is 0. The van der Waals surface area contributed by atoms with Crippen molar-refractivity contribution < 1.29 is 15.1 Å². The zero-order valence-electron chi connectivity index (χ0n) is 11.5. The molecule has 2 heterocycles. The van der Waals surface area contributed by atoms with E-state index in [1.807, 2.05) is 18.7 Å². The van der Waals surface area contributed by atoms with Gasteiger partial charge in [-0.3, -0.25) is 0 Å². The summed E-state index contributed by atoms with van der Waals surface area (Å²) in [4.78, 5) is 1.92. The average Bonchev–Trinajstić information content (AvgIpc) is 2.44. The minimum absolute atomic E-state index is 0.0280. The van der Waals surface area contributed by atoms with E-state index in [9.17, 15) is 5.11 Å². The van der Waals surface area contributed by atoms with Gasteiger partial charge in [-0.15, -0.1) is 5.10 Å². The van der Waals surface area contributed by atoms with Gasteiger partial charge in [0.2, 0.25) is 0 Å². The van der Waals surface area contributed by atoms with E-state index < -0.39 is 5.60 Å². The first-order valence-corrected chi connectivity index (χ1v) is 6.30. The van der Waals surface area contributed by atoms with Crippen molar-refractivity contribution >= 4 is 11.7 Å². The van der Waals surface area contributed by atoms with E-state index in [-0.39, 0.29) is 18.5 Å². The highest BCUT2D eigenvalue weighted by Crippen LogP contribution is 2.26. The Morgan fingerprint density at radius 3 is 3.05 bits per heavy atom. The molecular formula is C12H19N5O3. The number of aliphatic hydroxyl groups is 1. The molecule has 2 rings (SSSR count). The van der Waals surface area contributed by atoms with Crippen LogP contribution in [0.15, 0.2) is 17.4 Å². The zero-order chi connectivity index (χ0) is 14.8. The van der Waals surface area contributed by atoms with Crippen LogP contribution >= 0.6 is 0 Å². The van der Waals surface area contributed by atoms with Crippen LogP contribution in [0.3, 0.4) is 0 Å². The minimum atomic E-state index is -0.439. The molecule has 1 atom stereocenters. The number of nitrogens with two attached hydrogens (primary N) is 1. The van der Waals surface area contributed by atoms with E-state index in [1.54, 1.807) is 6.07 Å². The van der Waals surface area contributed by atoms with Crippen LogP contribution in [0.5, 0.6) is 0 Å². The smallest absolute Gasteiger partial charge is 0.173 e. The number of nitrogens with zero attached hydrogens (tertiary/aromatic N) is 4. The van der Waals surface area contributed by atoms with Gasteiger partial charge in [-0.05, 0) is 19.9 Å². The highest BCUT2D eigenvalue weighted by molar-refractivity contribution is 6.01. The number of rotatable bonds is 3. The van der Waals surface area contributed by atoms with Gasteiger partial charge in [0.15, 0.2) is 11.7 Å². The van der Waals surface area contributed by atoms with E-state index in [1.165, 1.54) is 6.20 Å². The molecule has 0 saturated carbocycles. The number of hydrogen-bond acceptors (Lipinski definition) is 7. The van der Waals surface area contributed by atoms with E-state index in [4.69, 9.17) is 15.7 Å². The van der Waals surface area contributed by atoms with Crippen LogP contribution in [-0.2, 0) is 4.74 Å². The number of oxime groups is 1. The third-order valence-electron chi connectivity index (χ3n) is 3.07. The Bertz CT molecular complexity index is 506. The summed E-state index contributed by atoms with van der Waals surface area (Å²) in [5.74, 6) is 0.484. The Kier molecular flexibility index (Phi) is 4.05. The van der Waals surface area contributed by atoms with Crippen molar-refractivity contribution in [1.29, 1.82) is 0 Å². The van der Waals surface area contributed by atoms with E-state index in [0.717, 1.165) is 0 Å². The van der Waals surface area contributed by atoms with Crippen molar-refractivity contribution in [2.75, 3.05) is 24.6 Å². The van der Waals surface area contributed by atoms with Gasteiger partial charge in [0.05, 0.1) is 30.1 Å². The number of amidine groups is 1. The van der Waals surface area contributed by atoms with E-state index >= 15 is 0 Å². The van der Waals surface area contributed by atoms with Gasteiger partial charge in [0.1, 0.15) is 0 Å². The van der Waals surface area contributed by atoms with Gasteiger partial charge >= 0.3 is 0 Å². The predicted molar refractivity (Wildman–Crippen MR) is 72.8 cm³/mol. The maximum atomic E-state index is 9.34. The van der Waals surface area contributed by atoms with Crippen LogP contribution in [0, 0.1) is 0 Å². The lowest BCUT2D eigenvalue weighted by Gasteiger charge is -2.43. The number of morpholine rings is 1. The fourth-order valence-electron chi connectivity index (χ4n) is 2.36. The lowest BCUT2D eigenvalue weighted by Crippen LogP contribution is -2.54. The Morgan fingerprint density at radius 1 is 1.65 bits per heavy atom. The van der Waals surface area contributed by atoms with Gasteiger partial charge in [0, 0.05) is 13.1 Å². The first kappa shape index (κ1) is 14.5. The summed E-state index contributed by atoms with van der Waals surface area (Å²) in [5, 5.41) is 29.1. The largest absolute Gasteiger partial charge is 0.409 e. The quantitative estimate of drug-likeness (QED) is 0.297. The number of ether oxygens (including phenoxy) is 1. The van der Waals surface area contributed by atoms with Crippen molar-refractivity contribution in [3.8, 4) is 0 Å². The molecule has 0 amide bonds. The van der Waals surface area contributed by atoms with Gasteiger partial charge in [-0.25, -0.2) is 0 Å². The molecular weight excluding hydrogens is 262 g/mol. The Labute approximate surface area is 116 Å². The Morgan fingerprint density at radius 2 is 2.40 bits per heavy atom. The van der Waals surface area contributed by atoms with Crippen LogP contribution < -0.4 is 10.6 Å². The summed E-state index contributed by atoms with van der Waals surface area (Å²) in [5.41, 5.74) is 5.72. The van der Waals surface area contributed by atoms with Crippen molar-refractivity contribution in [2.24, 2.45) is 10.9 Å². The van der Waals surface area contributed by atoms with Crippen molar-refractivity contribution in [3.63, 3.8) is 0 Å². The lowest BCUT2D eigenvalue weighted by molar-refractivity contribution is -0.101. The summed E-state index contributed by atoms with van der Waals surface area (Å²) < 4.78 is 5.75. The number of aliphatic hydroxyl groups excluding tert-OH is 1. The molecule has 0 spiro atoms. The molecule has 110 valence electrons. The molecule has 8 heteroatoms. The maximum absolute atomic E-state index is 9.34. The van der Waals surface area contributed by atoms with Crippen molar-refractivity contribution in [3.05, 3.63) is 17.8 Å². The molecule has 1 aromatic heterocycles. The summed E-state index contributed by atoms with van der Waals surface area (Å²) in [6, 6.07) is 1.63. The number of hydrogen-bond donors (Lipinski definition) is 3. The molecule has 0 aromatic carbocycles. The predicted octanol–water partition coefficient (Wildman–Crippen LogP) is -0.453. The molecule has 1 aliphatic rings. The maximum Gasteiger partial charge on any atom is 0.173 e. The molecule has 0 radical (unpaired) electrons. The minimum Gasteiger partial charge on any atom is -0.409 e. The lowest BCUT2D eigenvalue weighted by atomic mass is 10.0. The fraction of sp³-hybridized carbons (Fsp3) is 0.583. The number of aromatic nitrogens is 2. The van der Waals surface area contributed by atoms with Crippen LogP contribution in [0.25, 0.3) is 0 Å². The summed E-state index contributed by atoms with van der Waals surface area (Å²) in [6.07, 6.45) is 1.16. The van der Waals surface area contributed by atoms with Crippen LogP contribution in [0.2, 0.25) is 0 Å². The number of anilines is 1. The second-order valence-corrected chi connectivity index (χ2v) is 5.32. The van der Waals surface area contributed by atoms with Gasteiger partial charge in [0.25, 0.3) is 0 Å². The molecule has 0 aliphatic carbocycles. The highest BCUT2D eigenvalue weighted by Gasteiger charge is 2.34. The Balaban J connectivity index is 2.35. The SMILES string of the molecule is CC1(C)CN(c2nnccc2/C(N)=N/O)CC(CO)O1. The average molecular weight is 281 g/mol. The molecule has 1 aliphatic heterocycles. The summed E-state index contributed by atoms with van der Waals surface area (Å²) in [7, 11) is 0. The second kappa shape index (κ2) is 5.59. The monoisotopic (exact) mass is 281 g/mol. The molecule has 20 heavy (non-hydrogen) atoms. The van der Waals surface area contributed by atoms with Crippen molar-refractivity contribution in [2.45, 2.75) is 25.6 Å².